The third-order valence-corrected chi connectivity index (χ3v) is 3.35. The summed E-state index contributed by atoms with van der Waals surface area (Å²) >= 11 is 6.34. The maximum absolute atomic E-state index is 6.34. The van der Waals surface area contributed by atoms with E-state index in [2.05, 4.69) is 63.2 Å². The molecule has 0 spiro atoms. The molecule has 0 heterocycles. The van der Waals surface area contributed by atoms with E-state index in [1.807, 2.05) is 0 Å². The van der Waals surface area contributed by atoms with Gasteiger partial charge in [-0.1, -0.05) is 31.5 Å². The first-order chi connectivity index (χ1) is 8.41. The van der Waals surface area contributed by atoms with Gasteiger partial charge in [-0.05, 0) is 44.0 Å². The number of benzene rings is 1. The molecule has 102 valence electrons. The summed E-state index contributed by atoms with van der Waals surface area (Å²) in [5.74, 6) is 0.673. The summed E-state index contributed by atoms with van der Waals surface area (Å²) in [5, 5.41) is 4.26. The number of anilines is 1. The van der Waals surface area contributed by atoms with Crippen LogP contribution in [0.1, 0.15) is 33.3 Å². The lowest BCUT2D eigenvalue weighted by Crippen LogP contribution is -2.26. The summed E-state index contributed by atoms with van der Waals surface area (Å²) in [5.41, 5.74) is 2.33. The SMILES string of the molecule is CC(C)CNCc1ccc(N(C)C(C)C)c(Cl)c1. The van der Waals surface area contributed by atoms with Crippen molar-refractivity contribution >= 4 is 17.3 Å². The molecule has 3 heteroatoms. The quantitative estimate of drug-likeness (QED) is 0.841. The summed E-state index contributed by atoms with van der Waals surface area (Å²) in [7, 11) is 2.07. The fourth-order valence-electron chi connectivity index (χ4n) is 1.73. The van der Waals surface area contributed by atoms with Crippen molar-refractivity contribution in [1.82, 2.24) is 5.32 Å². The van der Waals surface area contributed by atoms with Crippen molar-refractivity contribution in [2.45, 2.75) is 40.3 Å². The second-order valence-corrected chi connectivity index (χ2v) is 5.92. The minimum atomic E-state index is 0.451. The molecule has 0 unspecified atom stereocenters. The number of nitrogens with zero attached hydrogens (tertiary/aromatic N) is 1. The standard InChI is InChI=1S/C15H25ClN2/c1-11(2)9-17-10-13-6-7-15(14(16)8-13)18(5)12(3)4/h6-8,11-12,17H,9-10H2,1-5H3. The van der Waals surface area contributed by atoms with E-state index in [4.69, 9.17) is 11.6 Å². The molecular weight excluding hydrogens is 244 g/mol. The van der Waals surface area contributed by atoms with Gasteiger partial charge in [-0.2, -0.15) is 0 Å². The number of nitrogens with one attached hydrogen (secondary N) is 1. The van der Waals surface area contributed by atoms with Gasteiger partial charge in [0.25, 0.3) is 0 Å². The maximum atomic E-state index is 6.34. The Kier molecular flexibility index (Phi) is 5.97. The Morgan fingerprint density at radius 1 is 1.22 bits per heavy atom. The first kappa shape index (κ1) is 15.3. The van der Waals surface area contributed by atoms with Crippen LogP contribution in [0.5, 0.6) is 0 Å². The number of hydrogen-bond donors (Lipinski definition) is 1. The molecule has 0 bridgehead atoms. The van der Waals surface area contributed by atoms with Crippen LogP contribution in [0.4, 0.5) is 5.69 Å². The Morgan fingerprint density at radius 2 is 1.89 bits per heavy atom. The second kappa shape index (κ2) is 7.01. The third kappa shape index (κ3) is 4.51. The van der Waals surface area contributed by atoms with Crippen LogP contribution < -0.4 is 10.2 Å². The molecule has 1 N–H and O–H groups in total. The fraction of sp³-hybridized carbons (Fsp3) is 0.600. The summed E-state index contributed by atoms with van der Waals surface area (Å²) < 4.78 is 0. The van der Waals surface area contributed by atoms with Crippen molar-refractivity contribution in [1.29, 1.82) is 0 Å². The van der Waals surface area contributed by atoms with Crippen LogP contribution in [-0.4, -0.2) is 19.6 Å². The minimum Gasteiger partial charge on any atom is -0.371 e. The van der Waals surface area contributed by atoms with Crippen molar-refractivity contribution in [3.8, 4) is 0 Å². The van der Waals surface area contributed by atoms with Crippen LogP contribution in [0.15, 0.2) is 18.2 Å². The minimum absolute atomic E-state index is 0.451. The molecule has 0 aliphatic rings. The molecule has 0 saturated heterocycles. The average molecular weight is 269 g/mol. The average Bonchev–Trinajstić information content (AvgIpc) is 2.27. The Labute approximate surface area is 116 Å². The first-order valence-electron chi connectivity index (χ1n) is 6.63. The molecule has 0 aromatic heterocycles. The van der Waals surface area contributed by atoms with E-state index in [0.717, 1.165) is 23.8 Å². The highest BCUT2D eigenvalue weighted by Gasteiger charge is 2.09. The van der Waals surface area contributed by atoms with Crippen LogP contribution in [0.2, 0.25) is 5.02 Å². The molecule has 1 rings (SSSR count). The monoisotopic (exact) mass is 268 g/mol. The molecule has 0 aliphatic heterocycles. The lowest BCUT2D eigenvalue weighted by Gasteiger charge is -2.25. The summed E-state index contributed by atoms with van der Waals surface area (Å²) in [6, 6.07) is 6.76. The lowest BCUT2D eigenvalue weighted by atomic mass is 10.1. The van der Waals surface area contributed by atoms with Gasteiger partial charge < -0.3 is 10.2 Å². The van der Waals surface area contributed by atoms with Crippen LogP contribution >= 0.6 is 11.6 Å². The van der Waals surface area contributed by atoms with E-state index in [1.165, 1.54) is 5.56 Å². The fourth-order valence-corrected chi connectivity index (χ4v) is 2.07. The van der Waals surface area contributed by atoms with Gasteiger partial charge in [-0.25, -0.2) is 0 Å². The molecule has 1 aromatic rings. The second-order valence-electron chi connectivity index (χ2n) is 5.52. The zero-order chi connectivity index (χ0) is 13.7. The van der Waals surface area contributed by atoms with Crippen molar-refractivity contribution in [2.24, 2.45) is 5.92 Å². The van der Waals surface area contributed by atoms with E-state index in [1.54, 1.807) is 0 Å². The summed E-state index contributed by atoms with van der Waals surface area (Å²) in [6.07, 6.45) is 0. The van der Waals surface area contributed by atoms with Gasteiger partial charge >= 0.3 is 0 Å². The Hall–Kier alpha value is -0.730. The Balaban J connectivity index is 2.67. The number of hydrogen-bond acceptors (Lipinski definition) is 2. The third-order valence-electron chi connectivity index (χ3n) is 3.05. The molecule has 1 aromatic carbocycles. The molecule has 18 heavy (non-hydrogen) atoms. The van der Waals surface area contributed by atoms with Crippen LogP contribution in [0, 0.1) is 5.92 Å². The molecule has 0 aliphatic carbocycles. The molecule has 2 nitrogen and oxygen atoms in total. The van der Waals surface area contributed by atoms with Crippen molar-refractivity contribution < 1.29 is 0 Å². The normalized spacial score (nSPS) is 11.3. The van der Waals surface area contributed by atoms with E-state index in [0.29, 0.717) is 12.0 Å². The number of halogens is 1. The zero-order valence-corrected chi connectivity index (χ0v) is 12.9. The van der Waals surface area contributed by atoms with Gasteiger partial charge in [-0.15, -0.1) is 0 Å². The van der Waals surface area contributed by atoms with Gasteiger partial charge in [-0.3, -0.25) is 0 Å². The van der Waals surface area contributed by atoms with Gasteiger partial charge in [0.2, 0.25) is 0 Å². The highest BCUT2D eigenvalue weighted by Crippen LogP contribution is 2.27. The Morgan fingerprint density at radius 3 is 2.39 bits per heavy atom. The van der Waals surface area contributed by atoms with E-state index < -0.39 is 0 Å². The smallest absolute Gasteiger partial charge is 0.0642 e. The molecular formula is C15H25ClN2. The predicted molar refractivity (Wildman–Crippen MR) is 81.5 cm³/mol. The highest BCUT2D eigenvalue weighted by atomic mass is 35.5. The van der Waals surface area contributed by atoms with Crippen molar-refractivity contribution in [3.63, 3.8) is 0 Å². The largest absolute Gasteiger partial charge is 0.371 e. The van der Waals surface area contributed by atoms with E-state index >= 15 is 0 Å². The van der Waals surface area contributed by atoms with Gasteiger partial charge in [0.15, 0.2) is 0 Å². The highest BCUT2D eigenvalue weighted by molar-refractivity contribution is 6.33. The lowest BCUT2D eigenvalue weighted by molar-refractivity contribution is 0.552. The van der Waals surface area contributed by atoms with Crippen LogP contribution in [-0.2, 0) is 6.54 Å². The maximum Gasteiger partial charge on any atom is 0.0642 e. The van der Waals surface area contributed by atoms with Gasteiger partial charge in [0.05, 0.1) is 10.7 Å². The summed E-state index contributed by atoms with van der Waals surface area (Å²) in [4.78, 5) is 2.19. The molecule has 0 saturated carbocycles. The van der Waals surface area contributed by atoms with E-state index in [-0.39, 0.29) is 0 Å². The van der Waals surface area contributed by atoms with Crippen molar-refractivity contribution in [2.75, 3.05) is 18.5 Å². The topological polar surface area (TPSA) is 15.3 Å². The van der Waals surface area contributed by atoms with Gasteiger partial charge in [0, 0.05) is 19.6 Å². The Bertz CT molecular complexity index is 375. The first-order valence-corrected chi connectivity index (χ1v) is 7.01. The predicted octanol–water partition coefficient (Wildman–Crippen LogP) is 3.93. The van der Waals surface area contributed by atoms with E-state index in [9.17, 15) is 0 Å². The van der Waals surface area contributed by atoms with Gasteiger partial charge in [0.1, 0.15) is 0 Å². The van der Waals surface area contributed by atoms with Crippen LogP contribution in [0.3, 0.4) is 0 Å². The molecule has 0 atom stereocenters. The molecule has 0 amide bonds. The van der Waals surface area contributed by atoms with Crippen molar-refractivity contribution in [3.05, 3.63) is 28.8 Å². The molecule has 0 fully saturated rings. The zero-order valence-electron chi connectivity index (χ0n) is 12.1. The molecule has 0 radical (unpaired) electrons. The number of rotatable bonds is 6. The van der Waals surface area contributed by atoms with Crippen LogP contribution in [0.25, 0.3) is 0 Å². The summed E-state index contributed by atoms with van der Waals surface area (Å²) in [6.45, 7) is 10.7.